The molecule has 0 fully saturated rings. The van der Waals surface area contributed by atoms with Crippen LogP contribution in [0.3, 0.4) is 0 Å². The van der Waals surface area contributed by atoms with Gasteiger partial charge in [0.05, 0.1) is 0 Å². The van der Waals surface area contributed by atoms with Gasteiger partial charge in [0.1, 0.15) is 6.29 Å². The van der Waals surface area contributed by atoms with Crippen LogP contribution in [0.25, 0.3) is 12.2 Å². The third-order valence-electron chi connectivity index (χ3n) is 2.41. The van der Waals surface area contributed by atoms with Crippen molar-refractivity contribution in [1.82, 2.24) is 0 Å². The Hall–Kier alpha value is -1.86. The first-order chi connectivity index (χ1) is 8.28. The molecule has 0 bridgehead atoms. The summed E-state index contributed by atoms with van der Waals surface area (Å²) in [7, 11) is 0. The van der Waals surface area contributed by atoms with E-state index in [2.05, 4.69) is 0 Å². The highest BCUT2D eigenvalue weighted by Crippen LogP contribution is 2.12. The molecular weight excluding hydrogens is 232 g/mol. The van der Waals surface area contributed by atoms with Crippen molar-refractivity contribution in [3.8, 4) is 0 Å². The SMILES string of the molecule is O=Cc1ccc(/C=C/c2ccc(Cl)cc2)cc1. The molecule has 0 unspecified atom stereocenters. The molecule has 17 heavy (non-hydrogen) atoms. The summed E-state index contributed by atoms with van der Waals surface area (Å²) in [6.07, 6.45) is 4.84. The summed E-state index contributed by atoms with van der Waals surface area (Å²) in [6, 6.07) is 15.1. The highest BCUT2D eigenvalue weighted by molar-refractivity contribution is 6.30. The van der Waals surface area contributed by atoms with E-state index in [1.165, 1.54) is 0 Å². The van der Waals surface area contributed by atoms with Gasteiger partial charge < -0.3 is 0 Å². The minimum Gasteiger partial charge on any atom is -0.298 e. The van der Waals surface area contributed by atoms with Crippen molar-refractivity contribution in [2.24, 2.45) is 0 Å². The minimum atomic E-state index is 0.689. The highest BCUT2D eigenvalue weighted by Gasteiger charge is 1.91. The normalized spacial score (nSPS) is 10.6. The summed E-state index contributed by atoms with van der Waals surface area (Å²) < 4.78 is 0. The summed E-state index contributed by atoms with van der Waals surface area (Å²) in [6.45, 7) is 0. The molecule has 84 valence electrons. The predicted octanol–water partition coefficient (Wildman–Crippen LogP) is 4.32. The van der Waals surface area contributed by atoms with Crippen molar-refractivity contribution in [3.05, 3.63) is 70.2 Å². The maximum Gasteiger partial charge on any atom is 0.150 e. The van der Waals surface area contributed by atoms with Crippen molar-refractivity contribution in [2.45, 2.75) is 0 Å². The first kappa shape index (κ1) is 11.6. The summed E-state index contributed by atoms with van der Waals surface area (Å²) >= 11 is 5.81. The quantitative estimate of drug-likeness (QED) is 0.579. The Kier molecular flexibility index (Phi) is 3.73. The molecule has 2 aromatic rings. The van der Waals surface area contributed by atoms with Gasteiger partial charge in [-0.05, 0) is 23.3 Å². The van der Waals surface area contributed by atoms with E-state index >= 15 is 0 Å². The average molecular weight is 243 g/mol. The van der Waals surface area contributed by atoms with E-state index in [1.54, 1.807) is 12.1 Å². The maximum atomic E-state index is 10.5. The van der Waals surface area contributed by atoms with E-state index in [4.69, 9.17) is 11.6 Å². The molecule has 2 aromatic carbocycles. The molecule has 2 rings (SSSR count). The number of halogens is 1. The van der Waals surface area contributed by atoms with Crippen LogP contribution in [0, 0.1) is 0 Å². The molecule has 0 heterocycles. The molecule has 0 atom stereocenters. The molecule has 0 spiro atoms. The molecule has 0 N–H and O–H groups in total. The number of rotatable bonds is 3. The smallest absolute Gasteiger partial charge is 0.150 e. The molecule has 0 aromatic heterocycles. The van der Waals surface area contributed by atoms with Crippen molar-refractivity contribution in [1.29, 1.82) is 0 Å². The topological polar surface area (TPSA) is 17.1 Å². The fraction of sp³-hybridized carbons (Fsp3) is 0. The standard InChI is InChI=1S/C15H11ClO/c16-15-9-7-13(8-10-15)2-1-12-3-5-14(11-17)6-4-12/h1-11H/b2-1+. The van der Waals surface area contributed by atoms with Crippen LogP contribution < -0.4 is 0 Å². The molecule has 0 aliphatic carbocycles. The summed E-state index contributed by atoms with van der Waals surface area (Å²) in [5.74, 6) is 0. The van der Waals surface area contributed by atoms with Gasteiger partial charge in [-0.3, -0.25) is 4.79 Å². The zero-order valence-electron chi connectivity index (χ0n) is 9.14. The molecule has 0 amide bonds. The van der Waals surface area contributed by atoms with Crippen LogP contribution in [0.2, 0.25) is 5.02 Å². The van der Waals surface area contributed by atoms with Crippen LogP contribution in [0.15, 0.2) is 48.5 Å². The Morgan fingerprint density at radius 2 is 1.12 bits per heavy atom. The second kappa shape index (κ2) is 5.46. The second-order valence-electron chi connectivity index (χ2n) is 3.67. The van der Waals surface area contributed by atoms with Crippen molar-refractivity contribution in [3.63, 3.8) is 0 Å². The van der Waals surface area contributed by atoms with Gasteiger partial charge in [-0.2, -0.15) is 0 Å². The van der Waals surface area contributed by atoms with Crippen LogP contribution in [0.1, 0.15) is 21.5 Å². The lowest BCUT2D eigenvalue weighted by Crippen LogP contribution is -1.78. The Labute approximate surface area is 105 Å². The molecule has 2 heteroatoms. The second-order valence-corrected chi connectivity index (χ2v) is 4.11. The fourth-order valence-corrected chi connectivity index (χ4v) is 1.58. The monoisotopic (exact) mass is 242 g/mol. The van der Waals surface area contributed by atoms with Gasteiger partial charge in [-0.15, -0.1) is 0 Å². The summed E-state index contributed by atoms with van der Waals surface area (Å²) in [4.78, 5) is 10.5. The minimum absolute atomic E-state index is 0.689. The largest absolute Gasteiger partial charge is 0.298 e. The van der Waals surface area contributed by atoms with E-state index in [0.29, 0.717) is 5.56 Å². The zero-order chi connectivity index (χ0) is 12.1. The van der Waals surface area contributed by atoms with Crippen LogP contribution in [-0.4, -0.2) is 6.29 Å². The number of hydrogen-bond acceptors (Lipinski definition) is 1. The Balaban J connectivity index is 2.14. The number of benzene rings is 2. The molecule has 0 aliphatic rings. The number of hydrogen-bond donors (Lipinski definition) is 0. The Morgan fingerprint density at radius 3 is 1.59 bits per heavy atom. The molecule has 0 aliphatic heterocycles. The predicted molar refractivity (Wildman–Crippen MR) is 72.2 cm³/mol. The van der Waals surface area contributed by atoms with Crippen LogP contribution in [0.4, 0.5) is 0 Å². The lowest BCUT2D eigenvalue weighted by atomic mass is 10.1. The van der Waals surface area contributed by atoms with Crippen molar-refractivity contribution < 1.29 is 4.79 Å². The van der Waals surface area contributed by atoms with Crippen LogP contribution in [-0.2, 0) is 0 Å². The van der Waals surface area contributed by atoms with Crippen LogP contribution in [0.5, 0.6) is 0 Å². The van der Waals surface area contributed by atoms with Crippen molar-refractivity contribution in [2.75, 3.05) is 0 Å². The molecule has 0 saturated carbocycles. The summed E-state index contributed by atoms with van der Waals surface area (Å²) in [5.41, 5.74) is 2.84. The van der Waals surface area contributed by atoms with E-state index < -0.39 is 0 Å². The maximum absolute atomic E-state index is 10.5. The first-order valence-corrected chi connectivity index (χ1v) is 5.64. The van der Waals surface area contributed by atoms with Crippen LogP contribution >= 0.6 is 11.6 Å². The van der Waals surface area contributed by atoms with Gasteiger partial charge in [-0.1, -0.05) is 60.2 Å². The van der Waals surface area contributed by atoms with Gasteiger partial charge in [0.25, 0.3) is 0 Å². The highest BCUT2D eigenvalue weighted by atomic mass is 35.5. The lowest BCUT2D eigenvalue weighted by molar-refractivity contribution is 0.112. The van der Waals surface area contributed by atoms with Gasteiger partial charge in [0.15, 0.2) is 0 Å². The Bertz CT molecular complexity index is 524. The Morgan fingerprint density at radius 1 is 0.706 bits per heavy atom. The van der Waals surface area contributed by atoms with E-state index in [-0.39, 0.29) is 0 Å². The first-order valence-electron chi connectivity index (χ1n) is 5.27. The van der Waals surface area contributed by atoms with E-state index in [9.17, 15) is 4.79 Å². The number of aldehydes is 1. The van der Waals surface area contributed by atoms with Gasteiger partial charge in [0.2, 0.25) is 0 Å². The molecule has 0 saturated heterocycles. The lowest BCUT2D eigenvalue weighted by Gasteiger charge is -1.95. The van der Waals surface area contributed by atoms with Gasteiger partial charge in [-0.25, -0.2) is 0 Å². The summed E-state index contributed by atoms with van der Waals surface area (Å²) in [5, 5.41) is 0.734. The molecule has 0 radical (unpaired) electrons. The zero-order valence-corrected chi connectivity index (χ0v) is 9.89. The number of carbonyl (C=O) groups is 1. The third kappa shape index (κ3) is 3.30. The van der Waals surface area contributed by atoms with Gasteiger partial charge in [0, 0.05) is 10.6 Å². The fourth-order valence-electron chi connectivity index (χ4n) is 1.45. The van der Waals surface area contributed by atoms with Crippen molar-refractivity contribution >= 4 is 30.0 Å². The molecule has 1 nitrogen and oxygen atoms in total. The van der Waals surface area contributed by atoms with Gasteiger partial charge >= 0.3 is 0 Å². The third-order valence-corrected chi connectivity index (χ3v) is 2.66. The average Bonchev–Trinajstić information content (AvgIpc) is 2.39. The van der Waals surface area contributed by atoms with E-state index in [0.717, 1.165) is 22.4 Å². The van der Waals surface area contributed by atoms with E-state index in [1.807, 2.05) is 48.6 Å². The number of carbonyl (C=O) groups excluding carboxylic acids is 1. The molecular formula is C15H11ClO.